The topological polar surface area (TPSA) is 125 Å². The highest BCUT2D eigenvalue weighted by Gasteiger charge is 2.19. The quantitative estimate of drug-likeness (QED) is 0.537. The van der Waals surface area contributed by atoms with Crippen LogP contribution >= 0.6 is 11.3 Å². The number of carbonyl (C=O) groups is 2. The van der Waals surface area contributed by atoms with Crippen LogP contribution in [0.3, 0.4) is 0 Å². The zero-order valence-corrected chi connectivity index (χ0v) is 18.6. The first kappa shape index (κ1) is 22.4. The Balaban J connectivity index is 1.80. The average molecular weight is 441 g/mol. The molecule has 0 aliphatic carbocycles. The molecular weight excluding hydrogens is 416 g/mol. The Hall–Kier alpha value is -3.33. The van der Waals surface area contributed by atoms with Gasteiger partial charge in [0.15, 0.2) is 11.4 Å². The Kier molecular flexibility index (Phi) is 6.35. The van der Waals surface area contributed by atoms with Crippen LogP contribution in [0.2, 0.25) is 0 Å². The predicted octanol–water partition coefficient (Wildman–Crippen LogP) is 3.32. The van der Waals surface area contributed by atoms with Gasteiger partial charge in [-0.05, 0) is 17.9 Å². The van der Waals surface area contributed by atoms with Crippen molar-refractivity contribution in [2.75, 3.05) is 6.54 Å². The third kappa shape index (κ3) is 5.43. The molecule has 0 aliphatic rings. The van der Waals surface area contributed by atoms with Crippen molar-refractivity contribution >= 4 is 23.2 Å². The molecule has 0 aliphatic heterocycles. The highest BCUT2D eigenvalue weighted by molar-refractivity contribution is 7.15. The SMILES string of the molecule is Cc1nc(Cc2cnc(-c3ccc(C(C)(C)C)cc3)s2)nc(C(=O)NCC(=O)O)c1O. The van der Waals surface area contributed by atoms with Gasteiger partial charge in [-0.25, -0.2) is 15.0 Å². The van der Waals surface area contributed by atoms with Crippen molar-refractivity contribution in [3.05, 3.63) is 58.1 Å². The van der Waals surface area contributed by atoms with E-state index in [4.69, 9.17) is 5.11 Å². The molecule has 8 nitrogen and oxygen atoms in total. The molecule has 0 saturated heterocycles. The molecule has 31 heavy (non-hydrogen) atoms. The molecule has 0 bridgehead atoms. The second-order valence-corrected chi connectivity index (χ2v) is 9.25. The van der Waals surface area contributed by atoms with Gasteiger partial charge in [0, 0.05) is 23.1 Å². The molecule has 3 aromatic rings. The van der Waals surface area contributed by atoms with Crippen molar-refractivity contribution in [3.8, 4) is 16.3 Å². The number of hydrogen-bond acceptors (Lipinski definition) is 7. The second kappa shape index (κ2) is 8.81. The largest absolute Gasteiger partial charge is 0.504 e. The molecule has 0 spiro atoms. The summed E-state index contributed by atoms with van der Waals surface area (Å²) < 4.78 is 0. The van der Waals surface area contributed by atoms with E-state index in [1.165, 1.54) is 16.9 Å². The van der Waals surface area contributed by atoms with E-state index in [1.54, 1.807) is 13.1 Å². The Morgan fingerprint density at radius 3 is 2.42 bits per heavy atom. The van der Waals surface area contributed by atoms with Gasteiger partial charge in [0.05, 0.1) is 5.69 Å². The second-order valence-electron chi connectivity index (χ2n) is 8.13. The van der Waals surface area contributed by atoms with Gasteiger partial charge in [0.1, 0.15) is 17.4 Å². The number of aromatic nitrogens is 3. The summed E-state index contributed by atoms with van der Waals surface area (Å²) in [4.78, 5) is 36.6. The molecule has 0 atom stereocenters. The first-order chi connectivity index (χ1) is 14.5. The molecule has 9 heteroatoms. The van der Waals surface area contributed by atoms with Crippen LogP contribution in [0.15, 0.2) is 30.5 Å². The Morgan fingerprint density at radius 1 is 1.13 bits per heavy atom. The number of thiazole rings is 1. The minimum atomic E-state index is -1.19. The summed E-state index contributed by atoms with van der Waals surface area (Å²) in [7, 11) is 0. The number of carboxylic acid groups (broad SMARTS) is 1. The average Bonchev–Trinajstić information content (AvgIpc) is 3.16. The molecule has 0 unspecified atom stereocenters. The van der Waals surface area contributed by atoms with Crippen molar-refractivity contribution in [2.24, 2.45) is 0 Å². The number of benzene rings is 1. The van der Waals surface area contributed by atoms with E-state index in [0.717, 1.165) is 15.4 Å². The summed E-state index contributed by atoms with van der Waals surface area (Å²) in [5.41, 5.74) is 2.34. The fourth-order valence-electron chi connectivity index (χ4n) is 2.89. The van der Waals surface area contributed by atoms with Crippen molar-refractivity contribution < 1.29 is 19.8 Å². The number of aromatic hydroxyl groups is 1. The normalized spacial score (nSPS) is 11.4. The molecule has 0 fully saturated rings. The molecule has 2 aromatic heterocycles. The van der Waals surface area contributed by atoms with Gasteiger partial charge < -0.3 is 15.5 Å². The van der Waals surface area contributed by atoms with E-state index in [2.05, 4.69) is 65.3 Å². The van der Waals surface area contributed by atoms with E-state index in [-0.39, 0.29) is 22.6 Å². The van der Waals surface area contributed by atoms with Crippen LogP contribution < -0.4 is 5.32 Å². The minimum absolute atomic E-state index is 0.0785. The van der Waals surface area contributed by atoms with Gasteiger partial charge >= 0.3 is 5.97 Å². The number of carboxylic acids is 1. The molecule has 0 radical (unpaired) electrons. The Bertz CT molecular complexity index is 1120. The van der Waals surface area contributed by atoms with E-state index < -0.39 is 18.4 Å². The number of nitrogens with zero attached hydrogens (tertiary/aromatic N) is 3. The fourth-order valence-corrected chi connectivity index (χ4v) is 3.81. The lowest BCUT2D eigenvalue weighted by molar-refractivity contribution is -0.135. The van der Waals surface area contributed by atoms with E-state index in [0.29, 0.717) is 12.2 Å². The van der Waals surface area contributed by atoms with Crippen LogP contribution in [0.5, 0.6) is 5.75 Å². The number of rotatable bonds is 6. The summed E-state index contributed by atoms with van der Waals surface area (Å²) >= 11 is 1.50. The third-order valence-electron chi connectivity index (χ3n) is 4.60. The Morgan fingerprint density at radius 2 is 1.81 bits per heavy atom. The predicted molar refractivity (Wildman–Crippen MR) is 117 cm³/mol. The van der Waals surface area contributed by atoms with Crippen LogP contribution in [0, 0.1) is 6.92 Å². The monoisotopic (exact) mass is 440 g/mol. The first-order valence-corrected chi connectivity index (χ1v) is 10.5. The maximum Gasteiger partial charge on any atom is 0.322 e. The fraction of sp³-hybridized carbons (Fsp3) is 0.318. The van der Waals surface area contributed by atoms with Crippen molar-refractivity contribution in [3.63, 3.8) is 0 Å². The van der Waals surface area contributed by atoms with Gasteiger partial charge in [-0.2, -0.15) is 0 Å². The summed E-state index contributed by atoms with van der Waals surface area (Å²) in [6.45, 7) is 7.49. The highest BCUT2D eigenvalue weighted by Crippen LogP contribution is 2.29. The molecular formula is C22H24N4O4S. The summed E-state index contributed by atoms with van der Waals surface area (Å²) in [6, 6.07) is 8.31. The standard InChI is InChI=1S/C22H24N4O4S/c1-12-19(29)18(20(30)23-11-17(27)28)26-16(25-12)9-15-10-24-21(31-15)13-5-7-14(8-6-13)22(2,3)4/h5-8,10,29H,9,11H2,1-4H3,(H,23,30)(H,27,28). The molecule has 2 heterocycles. The maximum absolute atomic E-state index is 12.2. The lowest BCUT2D eigenvalue weighted by atomic mass is 9.87. The van der Waals surface area contributed by atoms with Gasteiger partial charge in [-0.15, -0.1) is 11.3 Å². The van der Waals surface area contributed by atoms with Crippen LogP contribution in [-0.2, 0) is 16.6 Å². The van der Waals surface area contributed by atoms with Gasteiger partial charge in [0.25, 0.3) is 5.91 Å². The lowest BCUT2D eigenvalue weighted by Gasteiger charge is -2.18. The van der Waals surface area contributed by atoms with Crippen molar-refractivity contribution in [2.45, 2.75) is 39.5 Å². The number of amides is 1. The zero-order valence-electron chi connectivity index (χ0n) is 17.8. The minimum Gasteiger partial charge on any atom is -0.504 e. The van der Waals surface area contributed by atoms with E-state index in [1.807, 2.05) is 0 Å². The first-order valence-electron chi connectivity index (χ1n) is 9.66. The van der Waals surface area contributed by atoms with Crippen molar-refractivity contribution in [1.82, 2.24) is 20.3 Å². The van der Waals surface area contributed by atoms with Gasteiger partial charge in [-0.3, -0.25) is 9.59 Å². The Labute approximate surface area is 184 Å². The van der Waals surface area contributed by atoms with Crippen LogP contribution in [0.25, 0.3) is 10.6 Å². The number of carbonyl (C=O) groups excluding carboxylic acids is 1. The van der Waals surface area contributed by atoms with Crippen molar-refractivity contribution in [1.29, 1.82) is 0 Å². The third-order valence-corrected chi connectivity index (χ3v) is 5.65. The van der Waals surface area contributed by atoms with Gasteiger partial charge in [0.2, 0.25) is 0 Å². The van der Waals surface area contributed by atoms with Gasteiger partial charge in [-0.1, -0.05) is 45.0 Å². The smallest absolute Gasteiger partial charge is 0.322 e. The number of hydrogen-bond donors (Lipinski definition) is 3. The highest BCUT2D eigenvalue weighted by atomic mass is 32.1. The molecule has 1 amide bonds. The zero-order chi connectivity index (χ0) is 22.8. The maximum atomic E-state index is 12.2. The molecule has 0 saturated carbocycles. The van der Waals surface area contributed by atoms with Crippen LogP contribution in [0.1, 0.15) is 53.2 Å². The van der Waals surface area contributed by atoms with E-state index in [9.17, 15) is 14.7 Å². The van der Waals surface area contributed by atoms with E-state index >= 15 is 0 Å². The van der Waals surface area contributed by atoms with Crippen LogP contribution in [0.4, 0.5) is 0 Å². The summed E-state index contributed by atoms with van der Waals surface area (Å²) in [5, 5.41) is 21.9. The summed E-state index contributed by atoms with van der Waals surface area (Å²) in [5.74, 6) is -1.98. The number of nitrogens with one attached hydrogen (secondary N) is 1. The summed E-state index contributed by atoms with van der Waals surface area (Å²) in [6.07, 6.45) is 2.07. The molecule has 3 N–H and O–H groups in total. The molecule has 1 aromatic carbocycles. The number of aliphatic carboxylic acids is 1. The van der Waals surface area contributed by atoms with Crippen LogP contribution in [-0.4, -0.2) is 43.6 Å². The number of aryl methyl sites for hydroxylation is 1. The molecule has 3 rings (SSSR count). The lowest BCUT2D eigenvalue weighted by Crippen LogP contribution is -2.30. The molecule has 162 valence electrons.